The number of aryl methyl sites for hydroxylation is 2. The Bertz CT molecular complexity index is 577. The Balaban J connectivity index is 2.26. The zero-order valence-corrected chi connectivity index (χ0v) is 12.7. The minimum absolute atomic E-state index is 0.297. The lowest BCUT2D eigenvalue weighted by atomic mass is 9.95. The average Bonchev–Trinajstić information content (AvgIpc) is 2.47. The minimum atomic E-state index is 0.297. The standard InChI is InChI=1S/C18H23NO/c1-13-7-5-6-8-15(13)11-17(19-3)16-10-9-14(2)18(12-16)20-4/h5-10,12,17,19H,11H2,1-4H3. The summed E-state index contributed by atoms with van der Waals surface area (Å²) >= 11 is 0. The highest BCUT2D eigenvalue weighted by Crippen LogP contribution is 2.26. The molecular weight excluding hydrogens is 246 g/mol. The van der Waals surface area contributed by atoms with Crippen molar-refractivity contribution in [3.8, 4) is 5.75 Å². The van der Waals surface area contributed by atoms with E-state index in [1.54, 1.807) is 7.11 Å². The van der Waals surface area contributed by atoms with Crippen molar-refractivity contribution < 1.29 is 4.74 Å². The molecule has 106 valence electrons. The van der Waals surface area contributed by atoms with Gasteiger partial charge < -0.3 is 10.1 Å². The van der Waals surface area contributed by atoms with Crippen LogP contribution in [0.15, 0.2) is 42.5 Å². The van der Waals surface area contributed by atoms with E-state index in [0.29, 0.717) is 6.04 Å². The molecule has 2 rings (SSSR count). The van der Waals surface area contributed by atoms with Crippen molar-refractivity contribution in [1.82, 2.24) is 5.32 Å². The summed E-state index contributed by atoms with van der Waals surface area (Å²) in [7, 11) is 3.73. The van der Waals surface area contributed by atoms with E-state index in [-0.39, 0.29) is 0 Å². The topological polar surface area (TPSA) is 21.3 Å². The minimum Gasteiger partial charge on any atom is -0.496 e. The maximum Gasteiger partial charge on any atom is 0.122 e. The van der Waals surface area contributed by atoms with Gasteiger partial charge in [-0.15, -0.1) is 0 Å². The lowest BCUT2D eigenvalue weighted by Gasteiger charge is -2.19. The van der Waals surface area contributed by atoms with Crippen molar-refractivity contribution in [2.75, 3.05) is 14.2 Å². The fraction of sp³-hybridized carbons (Fsp3) is 0.333. The lowest BCUT2D eigenvalue weighted by molar-refractivity contribution is 0.410. The maximum absolute atomic E-state index is 5.43. The van der Waals surface area contributed by atoms with Gasteiger partial charge in [-0.05, 0) is 55.6 Å². The van der Waals surface area contributed by atoms with Gasteiger partial charge in [0.25, 0.3) is 0 Å². The van der Waals surface area contributed by atoms with Crippen LogP contribution in [0.5, 0.6) is 5.75 Å². The summed E-state index contributed by atoms with van der Waals surface area (Å²) in [5.41, 5.74) is 5.15. The van der Waals surface area contributed by atoms with E-state index in [1.165, 1.54) is 22.3 Å². The van der Waals surface area contributed by atoms with Gasteiger partial charge in [0.2, 0.25) is 0 Å². The zero-order chi connectivity index (χ0) is 14.5. The molecule has 0 spiro atoms. The van der Waals surface area contributed by atoms with E-state index in [4.69, 9.17) is 4.74 Å². The Hall–Kier alpha value is -1.80. The quantitative estimate of drug-likeness (QED) is 0.891. The van der Waals surface area contributed by atoms with Crippen LogP contribution < -0.4 is 10.1 Å². The largest absolute Gasteiger partial charge is 0.496 e. The van der Waals surface area contributed by atoms with Crippen LogP contribution >= 0.6 is 0 Å². The van der Waals surface area contributed by atoms with Crippen LogP contribution in [0.3, 0.4) is 0 Å². The molecule has 0 amide bonds. The Morgan fingerprint density at radius 2 is 1.80 bits per heavy atom. The third kappa shape index (κ3) is 3.20. The average molecular weight is 269 g/mol. The second-order valence-electron chi connectivity index (χ2n) is 5.20. The summed E-state index contributed by atoms with van der Waals surface area (Å²) in [4.78, 5) is 0. The van der Waals surface area contributed by atoms with Crippen molar-refractivity contribution in [2.24, 2.45) is 0 Å². The summed E-state index contributed by atoms with van der Waals surface area (Å²) in [5, 5.41) is 3.41. The van der Waals surface area contributed by atoms with Crippen LogP contribution in [-0.2, 0) is 6.42 Å². The number of benzene rings is 2. The molecular formula is C18H23NO. The molecule has 2 aromatic carbocycles. The molecule has 20 heavy (non-hydrogen) atoms. The molecule has 1 N–H and O–H groups in total. The van der Waals surface area contributed by atoms with Gasteiger partial charge in [0.15, 0.2) is 0 Å². The molecule has 1 unspecified atom stereocenters. The molecule has 0 aliphatic heterocycles. The number of likely N-dealkylation sites (N-methyl/N-ethyl adjacent to an activating group) is 1. The van der Waals surface area contributed by atoms with E-state index in [1.807, 2.05) is 7.05 Å². The third-order valence-electron chi connectivity index (χ3n) is 3.87. The number of nitrogens with one attached hydrogen (secondary N) is 1. The Morgan fingerprint density at radius 3 is 2.45 bits per heavy atom. The maximum atomic E-state index is 5.43. The number of ether oxygens (including phenoxy) is 1. The number of rotatable bonds is 5. The molecule has 2 aromatic rings. The summed E-state index contributed by atoms with van der Waals surface area (Å²) in [6.45, 7) is 4.23. The molecule has 0 aromatic heterocycles. The van der Waals surface area contributed by atoms with Crippen LogP contribution in [0, 0.1) is 13.8 Å². The van der Waals surface area contributed by atoms with Crippen molar-refractivity contribution >= 4 is 0 Å². The normalized spacial score (nSPS) is 12.2. The highest BCUT2D eigenvalue weighted by atomic mass is 16.5. The van der Waals surface area contributed by atoms with Crippen molar-refractivity contribution in [3.05, 3.63) is 64.7 Å². The van der Waals surface area contributed by atoms with Gasteiger partial charge in [0, 0.05) is 6.04 Å². The molecule has 0 radical (unpaired) electrons. The molecule has 0 aliphatic rings. The molecule has 0 saturated heterocycles. The number of hydrogen-bond acceptors (Lipinski definition) is 2. The Labute approximate surface area is 121 Å². The van der Waals surface area contributed by atoms with E-state index in [9.17, 15) is 0 Å². The second kappa shape index (κ2) is 6.58. The van der Waals surface area contributed by atoms with Crippen LogP contribution in [0.1, 0.15) is 28.3 Å². The highest BCUT2D eigenvalue weighted by molar-refractivity contribution is 5.39. The van der Waals surface area contributed by atoms with Crippen molar-refractivity contribution in [2.45, 2.75) is 26.3 Å². The van der Waals surface area contributed by atoms with Crippen molar-refractivity contribution in [1.29, 1.82) is 0 Å². The van der Waals surface area contributed by atoms with Crippen LogP contribution in [-0.4, -0.2) is 14.2 Å². The first-order chi connectivity index (χ1) is 9.65. The van der Waals surface area contributed by atoms with E-state index >= 15 is 0 Å². The molecule has 2 heteroatoms. The van der Waals surface area contributed by atoms with Crippen LogP contribution in [0.4, 0.5) is 0 Å². The summed E-state index contributed by atoms with van der Waals surface area (Å²) in [5.74, 6) is 0.951. The highest BCUT2D eigenvalue weighted by Gasteiger charge is 2.13. The van der Waals surface area contributed by atoms with Gasteiger partial charge in [-0.1, -0.05) is 36.4 Å². The molecule has 2 nitrogen and oxygen atoms in total. The third-order valence-corrected chi connectivity index (χ3v) is 3.87. The summed E-state index contributed by atoms with van der Waals surface area (Å²) in [6.07, 6.45) is 0.982. The first kappa shape index (κ1) is 14.6. The van der Waals surface area contributed by atoms with Gasteiger partial charge in [-0.25, -0.2) is 0 Å². The lowest BCUT2D eigenvalue weighted by Crippen LogP contribution is -2.19. The Kier molecular flexibility index (Phi) is 4.80. The van der Waals surface area contributed by atoms with Crippen LogP contribution in [0.25, 0.3) is 0 Å². The van der Waals surface area contributed by atoms with Crippen molar-refractivity contribution in [3.63, 3.8) is 0 Å². The van der Waals surface area contributed by atoms with Gasteiger partial charge in [-0.3, -0.25) is 0 Å². The van der Waals surface area contributed by atoms with E-state index in [0.717, 1.165) is 12.2 Å². The SMILES string of the molecule is CNC(Cc1ccccc1C)c1ccc(C)c(OC)c1. The smallest absolute Gasteiger partial charge is 0.122 e. The van der Waals surface area contributed by atoms with E-state index in [2.05, 4.69) is 61.6 Å². The first-order valence-electron chi connectivity index (χ1n) is 7.02. The van der Waals surface area contributed by atoms with Gasteiger partial charge >= 0.3 is 0 Å². The fourth-order valence-electron chi connectivity index (χ4n) is 2.50. The monoisotopic (exact) mass is 269 g/mol. The summed E-state index contributed by atoms with van der Waals surface area (Å²) < 4.78 is 5.43. The van der Waals surface area contributed by atoms with Gasteiger partial charge in [0.05, 0.1) is 7.11 Å². The fourth-order valence-corrected chi connectivity index (χ4v) is 2.50. The zero-order valence-electron chi connectivity index (χ0n) is 12.7. The molecule has 1 atom stereocenters. The molecule has 0 saturated carbocycles. The molecule has 0 fully saturated rings. The van der Waals surface area contributed by atoms with Gasteiger partial charge in [0.1, 0.15) is 5.75 Å². The molecule has 0 aliphatic carbocycles. The van der Waals surface area contributed by atoms with Crippen LogP contribution in [0.2, 0.25) is 0 Å². The Morgan fingerprint density at radius 1 is 1.05 bits per heavy atom. The molecule has 0 heterocycles. The van der Waals surface area contributed by atoms with Gasteiger partial charge in [-0.2, -0.15) is 0 Å². The summed E-state index contributed by atoms with van der Waals surface area (Å²) in [6, 6.07) is 15.3. The number of hydrogen-bond donors (Lipinski definition) is 1. The predicted molar refractivity (Wildman–Crippen MR) is 84.4 cm³/mol. The number of methoxy groups -OCH3 is 1. The molecule has 0 bridgehead atoms. The predicted octanol–water partition coefficient (Wildman–Crippen LogP) is 3.82. The van der Waals surface area contributed by atoms with E-state index < -0.39 is 0 Å². The first-order valence-corrected chi connectivity index (χ1v) is 7.02. The second-order valence-corrected chi connectivity index (χ2v) is 5.20.